The first kappa shape index (κ1) is 12.7. The van der Waals surface area contributed by atoms with Crippen molar-refractivity contribution in [2.75, 3.05) is 12.4 Å². The Morgan fingerprint density at radius 2 is 2.10 bits per heavy atom. The lowest BCUT2D eigenvalue weighted by atomic mass is 10.5. The van der Waals surface area contributed by atoms with Crippen LogP contribution >= 0.6 is 0 Å². The smallest absolute Gasteiger partial charge is 0.108 e. The summed E-state index contributed by atoms with van der Waals surface area (Å²) in [4.78, 5) is 0. The summed E-state index contributed by atoms with van der Waals surface area (Å²) >= 11 is -2.22. The highest BCUT2D eigenvalue weighted by Crippen LogP contribution is 1.87. The van der Waals surface area contributed by atoms with Gasteiger partial charge in [-0.2, -0.15) is 0 Å². The van der Waals surface area contributed by atoms with E-state index in [0.717, 1.165) is 0 Å². The lowest BCUT2D eigenvalue weighted by molar-refractivity contribution is 0.318. The van der Waals surface area contributed by atoms with Crippen molar-refractivity contribution < 1.29 is 18.3 Å². The van der Waals surface area contributed by atoms with Crippen molar-refractivity contribution in [2.45, 2.75) is 20.0 Å². The molecule has 0 saturated carbocycles. The van der Waals surface area contributed by atoms with Gasteiger partial charge in [0.1, 0.15) is 6.17 Å². The minimum Gasteiger partial charge on any atom is -0.772 e. The first-order valence-corrected chi connectivity index (χ1v) is 4.09. The topological polar surface area (TPSA) is 60.4 Å². The second kappa shape index (κ2) is 9.00. The number of hydrogen-bond donors (Lipinski definition) is 1. The van der Waals surface area contributed by atoms with Gasteiger partial charge in [0.15, 0.2) is 0 Å². The van der Waals surface area contributed by atoms with E-state index in [1.807, 2.05) is 0 Å². The summed E-state index contributed by atoms with van der Waals surface area (Å²) in [5.74, 6) is -0.389. The molecule has 5 heteroatoms. The summed E-state index contributed by atoms with van der Waals surface area (Å²) in [6, 6.07) is 0. The van der Waals surface area contributed by atoms with Gasteiger partial charge in [0.2, 0.25) is 0 Å². The molecule has 0 fully saturated rings. The van der Waals surface area contributed by atoms with Gasteiger partial charge in [-0.3, -0.25) is 4.21 Å². The largest absolute Gasteiger partial charge is 0.772 e. The zero-order valence-corrected chi connectivity index (χ0v) is 6.86. The van der Waals surface area contributed by atoms with Crippen LogP contribution in [0.15, 0.2) is 0 Å². The Kier molecular flexibility index (Phi) is 11.4. The first-order chi connectivity index (χ1) is 4.54. The lowest BCUT2D eigenvalue weighted by Gasteiger charge is -2.02. The van der Waals surface area contributed by atoms with E-state index >= 15 is 0 Å². The van der Waals surface area contributed by atoms with Crippen molar-refractivity contribution in [3.05, 3.63) is 0 Å². The highest BCUT2D eigenvalue weighted by atomic mass is 32.2. The molecule has 0 rings (SSSR count). The molecule has 0 aliphatic heterocycles. The molecule has 0 bridgehead atoms. The second-order valence-electron chi connectivity index (χ2n) is 1.57. The molecule has 0 aliphatic carbocycles. The minimum absolute atomic E-state index is 0.250. The van der Waals surface area contributed by atoms with Crippen LogP contribution in [-0.4, -0.2) is 32.4 Å². The fraction of sp³-hybridized carbons (Fsp3) is 1.00. The van der Waals surface area contributed by atoms with Crippen molar-refractivity contribution >= 4 is 11.1 Å². The molecule has 64 valence electrons. The molecular weight excluding hydrogens is 159 g/mol. The molecule has 2 unspecified atom stereocenters. The van der Waals surface area contributed by atoms with E-state index in [4.69, 9.17) is 5.11 Å². The van der Waals surface area contributed by atoms with Crippen LogP contribution in [0.3, 0.4) is 0 Å². The Morgan fingerprint density at radius 3 is 2.10 bits per heavy atom. The van der Waals surface area contributed by atoms with Crippen molar-refractivity contribution in [1.82, 2.24) is 0 Å². The summed E-state index contributed by atoms with van der Waals surface area (Å²) in [6.45, 7) is 3.13. The maximum atomic E-state index is 11.6. The quantitative estimate of drug-likeness (QED) is 0.605. The summed E-state index contributed by atoms with van der Waals surface area (Å²) in [7, 11) is 0. The monoisotopic (exact) mass is 171 g/mol. The number of aliphatic hydroxyl groups excluding tert-OH is 1. The second-order valence-corrected chi connectivity index (χ2v) is 2.51. The van der Waals surface area contributed by atoms with Gasteiger partial charge in [0, 0.05) is 12.4 Å². The standard InChI is InChI=1S/C3H7FO2S.C2H6O/c1-3(4)2-7(5)6;1-2-3/h3H,2H2,1H3,(H,5,6);3H,2H2,1H3/p-1. The van der Waals surface area contributed by atoms with E-state index in [-0.39, 0.29) is 12.4 Å². The molecule has 0 amide bonds. The minimum atomic E-state index is -2.22. The Balaban J connectivity index is 0. The Bertz CT molecular complexity index is 87.0. The third-order valence-electron chi connectivity index (χ3n) is 0.366. The lowest BCUT2D eigenvalue weighted by Crippen LogP contribution is -2.05. The predicted octanol–water partition coefficient (Wildman–Crippen LogP) is 0.222. The van der Waals surface area contributed by atoms with Crippen LogP contribution in [0.2, 0.25) is 0 Å². The molecule has 0 saturated heterocycles. The number of aliphatic hydroxyl groups is 1. The van der Waals surface area contributed by atoms with Crippen LogP contribution in [0.5, 0.6) is 0 Å². The predicted molar refractivity (Wildman–Crippen MR) is 37.1 cm³/mol. The zero-order chi connectivity index (χ0) is 8.57. The third kappa shape index (κ3) is 24.5. The van der Waals surface area contributed by atoms with Gasteiger partial charge >= 0.3 is 0 Å². The van der Waals surface area contributed by atoms with E-state index in [1.165, 1.54) is 6.92 Å². The van der Waals surface area contributed by atoms with Crippen molar-refractivity contribution in [1.29, 1.82) is 0 Å². The summed E-state index contributed by atoms with van der Waals surface area (Å²) < 4.78 is 30.7. The SMILES string of the molecule is CC(F)CS(=O)[O-].CCO. The Labute approximate surface area is 62.5 Å². The van der Waals surface area contributed by atoms with Gasteiger partial charge in [-0.05, 0) is 13.8 Å². The molecule has 0 aromatic rings. The molecule has 0 heterocycles. The van der Waals surface area contributed by atoms with Crippen molar-refractivity contribution in [2.24, 2.45) is 0 Å². The van der Waals surface area contributed by atoms with Gasteiger partial charge in [0.05, 0.1) is 0 Å². The fourth-order valence-electron chi connectivity index (χ4n) is 0.188. The first-order valence-electron chi connectivity index (χ1n) is 2.85. The van der Waals surface area contributed by atoms with Crippen LogP contribution in [-0.2, 0) is 11.1 Å². The molecule has 1 N–H and O–H groups in total. The number of rotatable bonds is 2. The maximum Gasteiger partial charge on any atom is 0.108 e. The zero-order valence-electron chi connectivity index (χ0n) is 6.04. The highest BCUT2D eigenvalue weighted by Gasteiger charge is 1.93. The van der Waals surface area contributed by atoms with Gasteiger partial charge in [0.25, 0.3) is 0 Å². The van der Waals surface area contributed by atoms with Crippen molar-refractivity contribution in [3.8, 4) is 0 Å². The number of hydrogen-bond acceptors (Lipinski definition) is 3. The van der Waals surface area contributed by atoms with E-state index in [0.29, 0.717) is 0 Å². The Morgan fingerprint density at radius 1 is 1.80 bits per heavy atom. The normalized spacial score (nSPS) is 14.9. The third-order valence-corrected chi connectivity index (χ3v) is 1.10. The summed E-state index contributed by atoms with van der Waals surface area (Å²) in [5, 5.41) is 7.57. The van der Waals surface area contributed by atoms with E-state index in [2.05, 4.69) is 0 Å². The average molecular weight is 171 g/mol. The van der Waals surface area contributed by atoms with E-state index < -0.39 is 17.3 Å². The van der Waals surface area contributed by atoms with Crippen LogP contribution in [0.4, 0.5) is 4.39 Å². The molecule has 2 atom stereocenters. The van der Waals surface area contributed by atoms with Gasteiger partial charge in [-0.15, -0.1) is 0 Å². The number of halogens is 1. The maximum absolute atomic E-state index is 11.6. The molecule has 0 aromatic heterocycles. The number of alkyl halides is 1. The summed E-state index contributed by atoms with van der Waals surface area (Å²) in [5.41, 5.74) is 0. The molecule has 0 aromatic carbocycles. The van der Waals surface area contributed by atoms with E-state index in [1.54, 1.807) is 6.92 Å². The molecular formula is C5H12FO3S-. The van der Waals surface area contributed by atoms with Gasteiger partial charge in [-0.25, -0.2) is 4.39 Å². The molecule has 0 aliphatic rings. The molecule has 3 nitrogen and oxygen atoms in total. The highest BCUT2D eigenvalue weighted by molar-refractivity contribution is 7.79. The molecule has 0 spiro atoms. The van der Waals surface area contributed by atoms with Gasteiger partial charge < -0.3 is 9.66 Å². The van der Waals surface area contributed by atoms with Crippen LogP contribution < -0.4 is 0 Å². The molecule has 0 radical (unpaired) electrons. The van der Waals surface area contributed by atoms with Crippen LogP contribution in [0, 0.1) is 0 Å². The molecule has 10 heavy (non-hydrogen) atoms. The van der Waals surface area contributed by atoms with Crippen LogP contribution in [0.1, 0.15) is 13.8 Å². The van der Waals surface area contributed by atoms with Gasteiger partial charge in [-0.1, -0.05) is 11.1 Å². The Hall–Kier alpha value is -0.0000000000000000416. The van der Waals surface area contributed by atoms with Crippen LogP contribution in [0.25, 0.3) is 0 Å². The summed E-state index contributed by atoms with van der Waals surface area (Å²) in [6.07, 6.45) is -1.24. The van der Waals surface area contributed by atoms with Crippen molar-refractivity contribution in [3.63, 3.8) is 0 Å². The fourth-order valence-corrected chi connectivity index (χ4v) is 0.563. The van der Waals surface area contributed by atoms with E-state index in [9.17, 15) is 13.2 Å². The average Bonchev–Trinajstić information content (AvgIpc) is 1.62.